The summed E-state index contributed by atoms with van der Waals surface area (Å²) in [5, 5.41) is 11.4. The number of amides is 1. The molecular weight excluding hydrogens is 326 g/mol. The monoisotopic (exact) mass is 343 g/mol. The number of carbonyl (C=O) groups excluding carboxylic acids is 2. The fourth-order valence-corrected chi connectivity index (χ4v) is 3.72. The molecule has 0 aliphatic carbocycles. The van der Waals surface area contributed by atoms with E-state index in [1.165, 1.54) is 16.2 Å². The van der Waals surface area contributed by atoms with Crippen LogP contribution in [0.25, 0.3) is 0 Å². The van der Waals surface area contributed by atoms with Gasteiger partial charge in [0.15, 0.2) is 11.8 Å². The van der Waals surface area contributed by atoms with Crippen LogP contribution in [-0.4, -0.2) is 34.2 Å². The highest BCUT2D eigenvalue weighted by Crippen LogP contribution is 2.30. The number of carboxylic acid groups (broad SMARTS) is 1. The minimum Gasteiger partial charge on any atom is -0.479 e. The van der Waals surface area contributed by atoms with Crippen molar-refractivity contribution in [1.29, 1.82) is 0 Å². The number of ketones is 1. The smallest absolute Gasteiger partial charge is 0.331 e. The lowest BCUT2D eigenvalue weighted by Gasteiger charge is -2.34. The summed E-state index contributed by atoms with van der Waals surface area (Å²) >= 11 is 1.35. The fraction of sp³-hybridized carbons (Fsp3) is 0.278. The van der Waals surface area contributed by atoms with E-state index in [-0.39, 0.29) is 24.5 Å². The van der Waals surface area contributed by atoms with Gasteiger partial charge in [-0.15, -0.1) is 11.3 Å². The molecule has 1 atom stereocenters. The molecule has 1 aliphatic rings. The van der Waals surface area contributed by atoms with Crippen molar-refractivity contribution in [2.45, 2.75) is 25.3 Å². The molecule has 0 saturated carbocycles. The first-order chi connectivity index (χ1) is 11.6. The van der Waals surface area contributed by atoms with E-state index in [1.807, 2.05) is 17.5 Å². The van der Waals surface area contributed by atoms with Crippen LogP contribution in [0.15, 0.2) is 41.8 Å². The molecule has 0 radical (unpaired) electrons. The Morgan fingerprint density at radius 3 is 2.62 bits per heavy atom. The molecule has 1 unspecified atom stereocenters. The van der Waals surface area contributed by atoms with E-state index in [2.05, 4.69) is 0 Å². The lowest BCUT2D eigenvalue weighted by atomic mass is 9.92. The summed E-state index contributed by atoms with van der Waals surface area (Å²) in [6, 6.07) is 9.85. The van der Waals surface area contributed by atoms with Crippen molar-refractivity contribution in [1.82, 2.24) is 4.90 Å². The van der Waals surface area contributed by atoms with Gasteiger partial charge in [-0.05, 0) is 29.0 Å². The Bertz CT molecular complexity index is 769. The van der Waals surface area contributed by atoms with Gasteiger partial charge in [-0.2, -0.15) is 0 Å². The van der Waals surface area contributed by atoms with E-state index < -0.39 is 12.0 Å². The van der Waals surface area contributed by atoms with Crippen molar-refractivity contribution in [3.05, 3.63) is 57.8 Å². The Labute approximate surface area is 143 Å². The first-order valence-corrected chi connectivity index (χ1v) is 8.62. The predicted molar refractivity (Wildman–Crippen MR) is 90.1 cm³/mol. The number of thiophene rings is 1. The van der Waals surface area contributed by atoms with Crippen LogP contribution in [0.1, 0.15) is 39.7 Å². The van der Waals surface area contributed by atoms with Gasteiger partial charge in [-0.3, -0.25) is 9.59 Å². The van der Waals surface area contributed by atoms with Crippen LogP contribution in [0, 0.1) is 0 Å². The fourth-order valence-electron chi connectivity index (χ4n) is 3.03. The van der Waals surface area contributed by atoms with Crippen LogP contribution in [0.3, 0.4) is 0 Å². The van der Waals surface area contributed by atoms with Crippen LogP contribution in [0.2, 0.25) is 0 Å². The number of benzene rings is 1. The largest absolute Gasteiger partial charge is 0.479 e. The number of carboxylic acids is 1. The van der Waals surface area contributed by atoms with Crippen LogP contribution in [-0.2, 0) is 16.0 Å². The first kappa shape index (κ1) is 16.4. The quantitative estimate of drug-likeness (QED) is 0.847. The number of aliphatic carboxylic acids is 1. The number of hydrogen-bond donors (Lipinski definition) is 1. The topological polar surface area (TPSA) is 74.7 Å². The zero-order valence-corrected chi connectivity index (χ0v) is 13.8. The first-order valence-electron chi connectivity index (χ1n) is 7.74. The molecule has 0 fully saturated rings. The molecule has 1 aliphatic heterocycles. The minimum atomic E-state index is -1.04. The van der Waals surface area contributed by atoms with Gasteiger partial charge in [0.05, 0.1) is 4.88 Å². The molecule has 24 heavy (non-hydrogen) atoms. The summed E-state index contributed by atoms with van der Waals surface area (Å²) < 4.78 is 0. The van der Waals surface area contributed by atoms with Gasteiger partial charge in [0.25, 0.3) is 0 Å². The summed E-state index contributed by atoms with van der Waals surface area (Å²) in [4.78, 5) is 38.2. The van der Waals surface area contributed by atoms with Gasteiger partial charge < -0.3 is 10.0 Å². The molecule has 3 rings (SSSR count). The lowest BCUT2D eigenvalue weighted by molar-refractivity contribution is -0.151. The number of fused-ring (bicyclic) bond motifs is 1. The summed E-state index contributed by atoms with van der Waals surface area (Å²) in [6.45, 7) is 0.361. The maximum atomic E-state index is 12.5. The third kappa shape index (κ3) is 3.23. The molecule has 2 aromatic rings. The summed E-state index contributed by atoms with van der Waals surface area (Å²) in [7, 11) is 0. The highest BCUT2D eigenvalue weighted by atomic mass is 32.1. The molecule has 5 nitrogen and oxygen atoms in total. The van der Waals surface area contributed by atoms with E-state index >= 15 is 0 Å². The average Bonchev–Trinajstić information content (AvgIpc) is 3.12. The normalized spacial score (nSPS) is 16.5. The van der Waals surface area contributed by atoms with Gasteiger partial charge in [0, 0.05) is 19.4 Å². The Morgan fingerprint density at radius 1 is 1.12 bits per heavy atom. The lowest BCUT2D eigenvalue weighted by Crippen LogP contribution is -2.43. The Hall–Kier alpha value is -2.47. The number of hydrogen-bond acceptors (Lipinski definition) is 4. The molecule has 124 valence electrons. The van der Waals surface area contributed by atoms with E-state index in [0.717, 1.165) is 5.56 Å². The van der Waals surface area contributed by atoms with E-state index in [4.69, 9.17) is 0 Å². The molecule has 2 heterocycles. The second-order valence-corrected chi connectivity index (χ2v) is 6.62. The van der Waals surface area contributed by atoms with Crippen molar-refractivity contribution >= 4 is 29.0 Å². The highest BCUT2D eigenvalue weighted by Gasteiger charge is 2.35. The molecule has 6 heteroatoms. The zero-order valence-electron chi connectivity index (χ0n) is 13.0. The predicted octanol–water partition coefficient (Wildman–Crippen LogP) is 2.92. The Balaban J connectivity index is 1.72. The minimum absolute atomic E-state index is 0.0304. The Kier molecular flexibility index (Phi) is 4.76. The van der Waals surface area contributed by atoms with Crippen molar-refractivity contribution in [3.8, 4) is 0 Å². The third-order valence-corrected chi connectivity index (χ3v) is 5.11. The summed E-state index contributed by atoms with van der Waals surface area (Å²) in [5.74, 6) is -1.41. The molecule has 0 bridgehead atoms. The number of carbonyl (C=O) groups is 3. The van der Waals surface area contributed by atoms with E-state index in [9.17, 15) is 19.5 Å². The van der Waals surface area contributed by atoms with Gasteiger partial charge in [-0.25, -0.2) is 4.79 Å². The van der Waals surface area contributed by atoms with Crippen LogP contribution < -0.4 is 0 Å². The number of nitrogens with zero attached hydrogens (tertiary/aromatic N) is 1. The van der Waals surface area contributed by atoms with E-state index in [1.54, 1.807) is 24.3 Å². The average molecular weight is 343 g/mol. The Morgan fingerprint density at radius 2 is 1.92 bits per heavy atom. The van der Waals surface area contributed by atoms with Crippen LogP contribution in [0.4, 0.5) is 0 Å². The zero-order chi connectivity index (χ0) is 17.1. The van der Waals surface area contributed by atoms with Crippen LogP contribution in [0.5, 0.6) is 0 Å². The molecule has 0 spiro atoms. The van der Waals surface area contributed by atoms with Crippen molar-refractivity contribution in [2.24, 2.45) is 0 Å². The maximum absolute atomic E-state index is 12.5. The molecule has 1 N–H and O–H groups in total. The third-order valence-electron chi connectivity index (χ3n) is 4.20. The number of Topliss-reactive ketones (excluding diaryl/α,β-unsaturated/α-hetero) is 1. The highest BCUT2D eigenvalue weighted by molar-refractivity contribution is 7.12. The van der Waals surface area contributed by atoms with Gasteiger partial charge >= 0.3 is 5.97 Å². The van der Waals surface area contributed by atoms with Gasteiger partial charge in [0.1, 0.15) is 0 Å². The van der Waals surface area contributed by atoms with Gasteiger partial charge in [0.2, 0.25) is 5.91 Å². The summed E-state index contributed by atoms with van der Waals surface area (Å²) in [5.41, 5.74) is 1.62. The van der Waals surface area contributed by atoms with Crippen molar-refractivity contribution < 1.29 is 19.5 Å². The second kappa shape index (κ2) is 6.97. The molecule has 1 amide bonds. The van der Waals surface area contributed by atoms with Crippen molar-refractivity contribution in [2.75, 3.05) is 6.54 Å². The van der Waals surface area contributed by atoms with E-state index in [0.29, 0.717) is 23.4 Å². The maximum Gasteiger partial charge on any atom is 0.331 e. The van der Waals surface area contributed by atoms with Gasteiger partial charge in [-0.1, -0.05) is 30.3 Å². The molecule has 0 saturated heterocycles. The molecule has 1 aromatic carbocycles. The van der Waals surface area contributed by atoms with Crippen molar-refractivity contribution in [3.63, 3.8) is 0 Å². The summed E-state index contributed by atoms with van der Waals surface area (Å²) in [6.07, 6.45) is 0.761. The van der Waals surface area contributed by atoms with Crippen LogP contribution >= 0.6 is 11.3 Å². The molecule has 1 aromatic heterocycles. The standard InChI is InChI=1S/C18H17NO4S/c20-14(15-6-3-11-24-15)7-8-16(21)19-10-9-12-4-1-2-5-13(12)17(19)18(22)23/h1-6,11,17H,7-10H2,(H,22,23). The molecular formula is C18H17NO4S. The number of rotatable bonds is 5. The second-order valence-electron chi connectivity index (χ2n) is 5.68. The SMILES string of the molecule is O=C(CCC(=O)N1CCc2ccccc2C1C(=O)O)c1cccs1.